The number of amides is 1. The van der Waals surface area contributed by atoms with Crippen LogP contribution in [0.15, 0.2) is 36.1 Å². The number of unbranched alkanes of at least 4 members (excludes halogenated alkanes) is 1. The van der Waals surface area contributed by atoms with Crippen LogP contribution in [0.5, 0.6) is 0 Å². The normalized spacial score (nSPS) is 20.0. The Hall–Kier alpha value is -2.18. The number of benzene rings is 1. The summed E-state index contributed by atoms with van der Waals surface area (Å²) >= 11 is 0. The van der Waals surface area contributed by atoms with Gasteiger partial charge in [0.05, 0.1) is 25.6 Å². The molecule has 1 saturated carbocycles. The van der Waals surface area contributed by atoms with E-state index < -0.39 is 0 Å². The Kier molecular flexibility index (Phi) is 16.0. The average Bonchev–Trinajstić information content (AvgIpc) is 3.47. The van der Waals surface area contributed by atoms with Gasteiger partial charge in [-0.25, -0.2) is 4.39 Å². The number of carbonyl (C=O) groups is 1. The third kappa shape index (κ3) is 10.2. The fourth-order valence-electron chi connectivity index (χ4n) is 5.40. The standard InChI is InChI=1S/C25H34FNO4.C5H10.C2H6/c1-29-14-6-5-10-21(24-17-27(18-28)13-15-31-24)22-11-7-12-23(26)25(22)19-8-3-4-9-20(16-19)30-2;1-2-4-5-3-1;1-2/h7-8,11-12,16,18,21,24H,3-6,9-10,13-15,17H2,1-2H3;1-5H2;1-2H3. The molecule has 0 radical (unpaired) electrons. The average molecular weight is 532 g/mol. The van der Waals surface area contributed by atoms with Crippen molar-refractivity contribution in [2.75, 3.05) is 40.5 Å². The van der Waals surface area contributed by atoms with E-state index in [-0.39, 0.29) is 17.8 Å². The van der Waals surface area contributed by atoms with Gasteiger partial charge in [-0.3, -0.25) is 4.79 Å². The van der Waals surface area contributed by atoms with Crippen LogP contribution in [0.25, 0.3) is 5.57 Å². The Morgan fingerprint density at radius 1 is 1.11 bits per heavy atom. The second-order valence-corrected chi connectivity index (χ2v) is 9.94. The molecule has 1 saturated heterocycles. The minimum atomic E-state index is -0.234. The molecule has 38 heavy (non-hydrogen) atoms. The summed E-state index contributed by atoms with van der Waals surface area (Å²) in [4.78, 5) is 13.2. The molecule has 2 atom stereocenters. The summed E-state index contributed by atoms with van der Waals surface area (Å²) < 4.78 is 32.1. The van der Waals surface area contributed by atoms with Crippen LogP contribution < -0.4 is 0 Å². The molecule has 1 aromatic carbocycles. The second-order valence-electron chi connectivity index (χ2n) is 9.94. The Balaban J connectivity index is 0.000000636. The molecule has 2 unspecified atom stereocenters. The summed E-state index contributed by atoms with van der Waals surface area (Å²) in [6, 6.07) is 5.30. The van der Waals surface area contributed by atoms with Gasteiger partial charge in [-0.15, -0.1) is 0 Å². The fourth-order valence-corrected chi connectivity index (χ4v) is 5.40. The van der Waals surface area contributed by atoms with Crippen molar-refractivity contribution in [3.05, 3.63) is 53.1 Å². The number of hydrogen-bond donors (Lipinski definition) is 0. The van der Waals surface area contributed by atoms with E-state index in [4.69, 9.17) is 14.2 Å². The first kappa shape index (κ1) is 32.0. The highest BCUT2D eigenvalue weighted by Gasteiger charge is 2.31. The number of allylic oxidation sites excluding steroid dienone is 4. The van der Waals surface area contributed by atoms with Crippen molar-refractivity contribution in [3.8, 4) is 0 Å². The van der Waals surface area contributed by atoms with Crippen LogP contribution in [0.4, 0.5) is 4.39 Å². The van der Waals surface area contributed by atoms with Crippen molar-refractivity contribution in [1.82, 2.24) is 4.90 Å². The Morgan fingerprint density at radius 3 is 2.50 bits per heavy atom. The van der Waals surface area contributed by atoms with Crippen LogP contribution in [0.2, 0.25) is 0 Å². The summed E-state index contributed by atoms with van der Waals surface area (Å²) in [6.45, 7) is 6.31. The molecule has 4 rings (SSSR count). The molecular weight excluding hydrogens is 481 g/mol. The third-order valence-electron chi connectivity index (χ3n) is 7.39. The smallest absolute Gasteiger partial charge is 0.209 e. The van der Waals surface area contributed by atoms with Gasteiger partial charge in [0.1, 0.15) is 5.82 Å². The summed E-state index contributed by atoms with van der Waals surface area (Å²) in [5, 5.41) is 0. The Labute approximate surface area is 230 Å². The molecule has 0 bridgehead atoms. The molecule has 5 nitrogen and oxygen atoms in total. The molecule has 1 aromatic rings. The summed E-state index contributed by atoms with van der Waals surface area (Å²) in [6.07, 6.45) is 17.7. The van der Waals surface area contributed by atoms with Gasteiger partial charge < -0.3 is 19.1 Å². The molecule has 1 aliphatic heterocycles. The molecule has 2 aliphatic carbocycles. The summed E-state index contributed by atoms with van der Waals surface area (Å²) in [5.74, 6) is 0.617. The number of ether oxygens (including phenoxy) is 3. The molecule has 0 N–H and O–H groups in total. The highest BCUT2D eigenvalue weighted by molar-refractivity contribution is 5.77. The van der Waals surface area contributed by atoms with Crippen molar-refractivity contribution in [2.24, 2.45) is 0 Å². The molecule has 1 amide bonds. The Bertz CT molecular complexity index is 857. The highest BCUT2D eigenvalue weighted by Crippen LogP contribution is 2.37. The molecule has 3 aliphatic rings. The van der Waals surface area contributed by atoms with Gasteiger partial charge in [-0.05, 0) is 49.0 Å². The molecular formula is C32H50FNO4. The van der Waals surface area contributed by atoms with Gasteiger partial charge in [-0.2, -0.15) is 0 Å². The van der Waals surface area contributed by atoms with Crippen molar-refractivity contribution in [2.45, 2.75) is 96.5 Å². The zero-order valence-corrected chi connectivity index (χ0v) is 24.2. The van der Waals surface area contributed by atoms with Crippen molar-refractivity contribution >= 4 is 12.0 Å². The van der Waals surface area contributed by atoms with E-state index in [1.807, 2.05) is 26.0 Å². The predicted octanol–water partition coefficient (Wildman–Crippen LogP) is 7.66. The van der Waals surface area contributed by atoms with Crippen LogP contribution in [0, 0.1) is 5.82 Å². The van der Waals surface area contributed by atoms with Crippen molar-refractivity contribution in [1.29, 1.82) is 0 Å². The van der Waals surface area contributed by atoms with Crippen molar-refractivity contribution in [3.63, 3.8) is 0 Å². The lowest BCUT2D eigenvalue weighted by Gasteiger charge is -2.36. The largest absolute Gasteiger partial charge is 0.501 e. The number of nitrogens with zero attached hydrogens (tertiary/aromatic N) is 1. The van der Waals surface area contributed by atoms with Gasteiger partial charge in [0, 0.05) is 44.7 Å². The molecule has 6 heteroatoms. The minimum Gasteiger partial charge on any atom is -0.501 e. The monoisotopic (exact) mass is 531 g/mol. The van der Waals surface area contributed by atoms with Crippen LogP contribution in [-0.2, 0) is 19.0 Å². The van der Waals surface area contributed by atoms with Crippen LogP contribution in [0.3, 0.4) is 0 Å². The van der Waals surface area contributed by atoms with Gasteiger partial charge >= 0.3 is 0 Å². The van der Waals surface area contributed by atoms with Gasteiger partial charge in [0.2, 0.25) is 6.41 Å². The van der Waals surface area contributed by atoms with E-state index in [1.54, 1.807) is 25.2 Å². The zero-order valence-electron chi connectivity index (χ0n) is 24.2. The van der Waals surface area contributed by atoms with Gasteiger partial charge in [0.25, 0.3) is 0 Å². The van der Waals surface area contributed by atoms with Gasteiger partial charge in [-0.1, -0.05) is 70.6 Å². The molecule has 2 fully saturated rings. The number of rotatable bonds is 10. The van der Waals surface area contributed by atoms with E-state index in [1.165, 1.54) is 38.2 Å². The molecule has 0 aromatic heterocycles. The van der Waals surface area contributed by atoms with Crippen LogP contribution in [0.1, 0.15) is 102 Å². The lowest BCUT2D eigenvalue weighted by Crippen LogP contribution is -2.44. The lowest BCUT2D eigenvalue weighted by atomic mass is 9.82. The quantitative estimate of drug-likeness (QED) is 0.230. The van der Waals surface area contributed by atoms with Gasteiger partial charge in [0.15, 0.2) is 0 Å². The topological polar surface area (TPSA) is 48.0 Å². The number of carbonyl (C=O) groups excluding carboxylic acids is 1. The van der Waals surface area contributed by atoms with E-state index in [2.05, 4.69) is 6.08 Å². The summed E-state index contributed by atoms with van der Waals surface area (Å²) in [7, 11) is 3.37. The zero-order chi connectivity index (χ0) is 27.6. The Morgan fingerprint density at radius 2 is 1.84 bits per heavy atom. The minimum absolute atomic E-state index is 0.0196. The fraction of sp³-hybridized carbons (Fsp3) is 0.656. The number of morpholine rings is 1. The summed E-state index contributed by atoms with van der Waals surface area (Å²) in [5.41, 5.74) is 2.44. The first-order valence-electron chi connectivity index (χ1n) is 14.7. The molecule has 214 valence electrons. The second kappa shape index (κ2) is 19.0. The number of methoxy groups -OCH3 is 2. The number of hydrogen-bond acceptors (Lipinski definition) is 4. The van der Waals surface area contributed by atoms with E-state index in [0.717, 1.165) is 61.8 Å². The SMILES string of the molecule is C1CCCC1.CC.COCCCCC(c1cccc(F)c1C1=CCCCC(OC)=C1)C1CN(C=O)CCO1. The van der Waals surface area contributed by atoms with E-state index in [0.29, 0.717) is 31.9 Å². The maximum atomic E-state index is 15.3. The third-order valence-corrected chi connectivity index (χ3v) is 7.39. The maximum absolute atomic E-state index is 15.3. The van der Waals surface area contributed by atoms with Crippen molar-refractivity contribution < 1.29 is 23.4 Å². The lowest BCUT2D eigenvalue weighted by molar-refractivity contribution is -0.126. The van der Waals surface area contributed by atoms with E-state index in [9.17, 15) is 4.79 Å². The van der Waals surface area contributed by atoms with E-state index >= 15 is 4.39 Å². The first-order chi connectivity index (χ1) is 18.7. The highest BCUT2D eigenvalue weighted by atomic mass is 19.1. The predicted molar refractivity (Wildman–Crippen MR) is 154 cm³/mol. The van der Waals surface area contributed by atoms with Crippen LogP contribution >= 0.6 is 0 Å². The maximum Gasteiger partial charge on any atom is 0.209 e. The molecule has 0 spiro atoms. The molecule has 1 heterocycles. The number of halogens is 1. The first-order valence-corrected chi connectivity index (χ1v) is 14.7. The van der Waals surface area contributed by atoms with Crippen LogP contribution in [-0.4, -0.2) is 57.9 Å².